The Hall–Kier alpha value is -2.13. The Morgan fingerprint density at radius 1 is 1.40 bits per heavy atom. The third-order valence-electron chi connectivity index (χ3n) is 2.91. The van der Waals surface area contributed by atoms with Crippen molar-refractivity contribution in [1.82, 2.24) is 4.90 Å². The standard InChI is InChI=1S/C14H10BrNO4/c1-3-6-20-14(19)8(2)16-12(17)10-5-4-9(15)7-11(10)13(16)18/h1,4-5,7-8H,6H2,2H3. The molecule has 102 valence electrons. The molecule has 1 aliphatic heterocycles. The molecule has 20 heavy (non-hydrogen) atoms. The molecule has 0 radical (unpaired) electrons. The van der Waals surface area contributed by atoms with Crippen LogP contribution in [0.4, 0.5) is 0 Å². The van der Waals surface area contributed by atoms with E-state index in [-0.39, 0.29) is 17.7 Å². The predicted molar refractivity (Wildman–Crippen MR) is 73.9 cm³/mol. The van der Waals surface area contributed by atoms with E-state index < -0.39 is 23.8 Å². The Labute approximate surface area is 124 Å². The molecule has 2 amide bonds. The summed E-state index contributed by atoms with van der Waals surface area (Å²) in [6.07, 6.45) is 4.99. The Balaban J connectivity index is 2.28. The van der Waals surface area contributed by atoms with Crippen molar-refractivity contribution in [2.45, 2.75) is 13.0 Å². The van der Waals surface area contributed by atoms with Gasteiger partial charge in [-0.3, -0.25) is 14.5 Å². The number of hydrogen-bond donors (Lipinski definition) is 0. The van der Waals surface area contributed by atoms with Crippen molar-refractivity contribution in [3.05, 3.63) is 33.8 Å². The molecule has 1 heterocycles. The number of halogens is 1. The van der Waals surface area contributed by atoms with Crippen LogP contribution in [-0.2, 0) is 9.53 Å². The first kappa shape index (κ1) is 14.3. The maximum Gasteiger partial charge on any atom is 0.330 e. The molecule has 1 unspecified atom stereocenters. The summed E-state index contributed by atoms with van der Waals surface area (Å²) in [6, 6.07) is 3.73. The van der Waals surface area contributed by atoms with Crippen LogP contribution in [0.25, 0.3) is 0 Å². The topological polar surface area (TPSA) is 63.7 Å². The van der Waals surface area contributed by atoms with Crippen molar-refractivity contribution in [2.75, 3.05) is 6.61 Å². The minimum absolute atomic E-state index is 0.197. The average Bonchev–Trinajstić information content (AvgIpc) is 2.67. The number of fused-ring (bicyclic) bond motifs is 1. The summed E-state index contributed by atoms with van der Waals surface area (Å²) in [5, 5.41) is 0. The molecule has 0 bridgehead atoms. The smallest absolute Gasteiger partial charge is 0.330 e. The van der Waals surface area contributed by atoms with Crippen LogP contribution in [0, 0.1) is 12.3 Å². The molecule has 1 aromatic carbocycles. The van der Waals surface area contributed by atoms with Crippen LogP contribution in [-0.4, -0.2) is 35.3 Å². The number of esters is 1. The number of hydrogen-bond acceptors (Lipinski definition) is 4. The van der Waals surface area contributed by atoms with Crippen LogP contribution in [0.5, 0.6) is 0 Å². The van der Waals surface area contributed by atoms with Gasteiger partial charge < -0.3 is 4.74 Å². The first-order valence-electron chi connectivity index (χ1n) is 5.75. The normalized spacial score (nSPS) is 14.8. The number of imide groups is 1. The minimum Gasteiger partial charge on any atom is -0.451 e. The van der Waals surface area contributed by atoms with Gasteiger partial charge in [-0.15, -0.1) is 6.42 Å². The molecule has 5 nitrogen and oxygen atoms in total. The highest BCUT2D eigenvalue weighted by Crippen LogP contribution is 2.27. The number of amides is 2. The second kappa shape index (κ2) is 5.47. The van der Waals surface area contributed by atoms with Gasteiger partial charge in [-0.05, 0) is 25.1 Å². The molecule has 2 rings (SSSR count). The van der Waals surface area contributed by atoms with Crippen LogP contribution >= 0.6 is 15.9 Å². The molecule has 0 aromatic heterocycles. The monoisotopic (exact) mass is 335 g/mol. The fourth-order valence-electron chi connectivity index (χ4n) is 1.92. The molecular formula is C14H10BrNO4. The first-order valence-corrected chi connectivity index (χ1v) is 6.54. The third kappa shape index (κ3) is 2.32. The summed E-state index contributed by atoms with van der Waals surface area (Å²) in [5.74, 6) is 0.413. The van der Waals surface area contributed by atoms with Gasteiger partial charge in [0.1, 0.15) is 6.04 Å². The number of carbonyl (C=O) groups is 3. The second-order valence-corrected chi connectivity index (χ2v) is 5.07. The molecule has 6 heteroatoms. The number of terminal acetylenes is 1. The molecule has 1 aromatic rings. The van der Waals surface area contributed by atoms with Gasteiger partial charge in [0.05, 0.1) is 11.1 Å². The molecule has 0 saturated heterocycles. The lowest BCUT2D eigenvalue weighted by Gasteiger charge is -2.20. The van der Waals surface area contributed by atoms with Crippen LogP contribution in [0.2, 0.25) is 0 Å². The zero-order chi connectivity index (χ0) is 14.9. The highest BCUT2D eigenvalue weighted by molar-refractivity contribution is 9.10. The largest absolute Gasteiger partial charge is 0.451 e. The Kier molecular flexibility index (Phi) is 3.91. The van der Waals surface area contributed by atoms with E-state index in [2.05, 4.69) is 21.9 Å². The van der Waals surface area contributed by atoms with Gasteiger partial charge in [0.2, 0.25) is 0 Å². The van der Waals surface area contributed by atoms with E-state index in [0.717, 1.165) is 4.90 Å². The predicted octanol–water partition coefficient (Wildman–Crippen LogP) is 1.61. The fraction of sp³-hybridized carbons (Fsp3) is 0.214. The lowest BCUT2D eigenvalue weighted by atomic mass is 10.1. The van der Waals surface area contributed by atoms with Crippen LogP contribution in [0.3, 0.4) is 0 Å². The van der Waals surface area contributed by atoms with Crippen molar-refractivity contribution in [1.29, 1.82) is 0 Å². The van der Waals surface area contributed by atoms with Crippen LogP contribution in [0.1, 0.15) is 27.6 Å². The fourth-order valence-corrected chi connectivity index (χ4v) is 2.28. The van der Waals surface area contributed by atoms with Gasteiger partial charge in [0, 0.05) is 4.47 Å². The van der Waals surface area contributed by atoms with E-state index in [1.165, 1.54) is 6.92 Å². The summed E-state index contributed by atoms with van der Waals surface area (Å²) < 4.78 is 5.44. The molecular weight excluding hydrogens is 326 g/mol. The van der Waals surface area contributed by atoms with E-state index in [0.29, 0.717) is 4.47 Å². The second-order valence-electron chi connectivity index (χ2n) is 4.16. The van der Waals surface area contributed by atoms with E-state index >= 15 is 0 Å². The highest BCUT2D eigenvalue weighted by atomic mass is 79.9. The number of benzene rings is 1. The Morgan fingerprint density at radius 2 is 2.05 bits per heavy atom. The highest BCUT2D eigenvalue weighted by Gasteiger charge is 2.41. The van der Waals surface area contributed by atoms with E-state index in [1.807, 2.05) is 0 Å². The minimum atomic E-state index is -1.02. The molecule has 0 saturated carbocycles. The van der Waals surface area contributed by atoms with Crippen molar-refractivity contribution < 1.29 is 19.1 Å². The number of carbonyl (C=O) groups excluding carboxylic acids is 3. The number of ether oxygens (including phenoxy) is 1. The maximum absolute atomic E-state index is 12.2. The van der Waals surface area contributed by atoms with Gasteiger partial charge >= 0.3 is 5.97 Å². The summed E-state index contributed by atoms with van der Waals surface area (Å²) in [5.41, 5.74) is 0.538. The summed E-state index contributed by atoms with van der Waals surface area (Å²) in [6.45, 7) is 1.23. The van der Waals surface area contributed by atoms with Crippen LogP contribution < -0.4 is 0 Å². The van der Waals surface area contributed by atoms with Gasteiger partial charge in [-0.25, -0.2) is 4.79 Å². The quantitative estimate of drug-likeness (QED) is 0.478. The molecule has 1 atom stereocenters. The van der Waals surface area contributed by atoms with E-state index in [1.54, 1.807) is 18.2 Å². The Morgan fingerprint density at radius 3 is 2.70 bits per heavy atom. The van der Waals surface area contributed by atoms with Gasteiger partial charge in [-0.1, -0.05) is 21.9 Å². The van der Waals surface area contributed by atoms with Crippen molar-refractivity contribution in [3.8, 4) is 12.3 Å². The lowest BCUT2D eigenvalue weighted by molar-refractivity contribution is -0.146. The molecule has 0 spiro atoms. The summed E-state index contributed by atoms with van der Waals surface area (Å²) in [4.78, 5) is 37.0. The van der Waals surface area contributed by atoms with Crippen LogP contribution in [0.15, 0.2) is 22.7 Å². The van der Waals surface area contributed by atoms with Crippen molar-refractivity contribution in [3.63, 3.8) is 0 Å². The Bertz CT molecular complexity index is 647. The van der Waals surface area contributed by atoms with E-state index in [9.17, 15) is 14.4 Å². The maximum atomic E-state index is 12.2. The molecule has 0 aliphatic carbocycles. The zero-order valence-electron chi connectivity index (χ0n) is 10.6. The molecule has 0 fully saturated rings. The van der Waals surface area contributed by atoms with Gasteiger partial charge in [-0.2, -0.15) is 0 Å². The SMILES string of the molecule is C#CCOC(=O)C(C)N1C(=O)c2ccc(Br)cc2C1=O. The molecule has 1 aliphatic rings. The average molecular weight is 336 g/mol. The van der Waals surface area contributed by atoms with Gasteiger partial charge in [0.15, 0.2) is 6.61 Å². The number of rotatable bonds is 3. The molecule has 0 N–H and O–H groups in total. The summed E-state index contributed by atoms with van der Waals surface area (Å²) in [7, 11) is 0. The van der Waals surface area contributed by atoms with Crippen molar-refractivity contribution >= 4 is 33.7 Å². The third-order valence-corrected chi connectivity index (χ3v) is 3.40. The number of nitrogens with zero attached hydrogens (tertiary/aromatic N) is 1. The summed E-state index contributed by atoms with van der Waals surface area (Å²) >= 11 is 3.24. The zero-order valence-corrected chi connectivity index (χ0v) is 12.1. The van der Waals surface area contributed by atoms with Crippen molar-refractivity contribution in [2.24, 2.45) is 0 Å². The first-order chi connectivity index (χ1) is 9.47. The lowest BCUT2D eigenvalue weighted by Crippen LogP contribution is -2.43. The van der Waals surface area contributed by atoms with E-state index in [4.69, 9.17) is 11.2 Å². The van der Waals surface area contributed by atoms with Gasteiger partial charge in [0.25, 0.3) is 11.8 Å².